The number of hydrogen-bond donors (Lipinski definition) is 0. The summed E-state index contributed by atoms with van der Waals surface area (Å²) in [4.78, 5) is 0. The fourth-order valence-electron chi connectivity index (χ4n) is 0.631. The molecule has 0 heterocycles. The van der Waals surface area contributed by atoms with Crippen molar-refractivity contribution >= 4 is 10.2 Å². The van der Waals surface area contributed by atoms with Crippen molar-refractivity contribution in [1.82, 2.24) is 0 Å². The molecule has 1 unspecified atom stereocenters. The van der Waals surface area contributed by atoms with Gasteiger partial charge in [0.15, 0.2) is 0 Å². The Hall–Kier alpha value is -0.0431. The molecule has 34 valence electrons. The van der Waals surface area contributed by atoms with Gasteiger partial charge in [0.1, 0.15) is 0 Å². The van der Waals surface area contributed by atoms with Gasteiger partial charge in [-0.15, -0.1) is 0 Å². The third-order valence-electron chi connectivity index (χ3n) is 1.37. The predicted octanol–water partition coefficient (Wildman–Crippen LogP) is 0.346. The molecule has 1 rings (SSSR count). The van der Waals surface area contributed by atoms with Gasteiger partial charge in [-0.05, 0) is 12.3 Å². The van der Waals surface area contributed by atoms with Gasteiger partial charge in [0.05, 0.1) is 0 Å². The Morgan fingerprint density at radius 1 is 1.83 bits per heavy atom. The van der Waals surface area contributed by atoms with E-state index in [4.69, 9.17) is 0 Å². The minimum absolute atomic E-state index is 0.997. The third kappa shape index (κ3) is 0.546. The van der Waals surface area contributed by atoms with Crippen LogP contribution in [-0.4, -0.2) is 10.2 Å². The first-order chi connectivity index (χ1) is 2.93. The Balaban J connectivity index is 2.21. The summed E-state index contributed by atoms with van der Waals surface area (Å²) in [6.07, 6.45) is 5.93. The fraction of sp³-hybridized carbons (Fsp3) is 0.600. The molecule has 1 heteroatoms. The van der Waals surface area contributed by atoms with Gasteiger partial charge in [0.2, 0.25) is 0 Å². The van der Waals surface area contributed by atoms with Crippen molar-refractivity contribution in [2.75, 3.05) is 0 Å². The van der Waals surface area contributed by atoms with Crippen LogP contribution in [0.4, 0.5) is 0 Å². The Bertz CT molecular complexity index is 66.3. The van der Waals surface area contributed by atoms with Gasteiger partial charge >= 0.3 is 0 Å². The van der Waals surface area contributed by atoms with Crippen LogP contribution >= 0.6 is 0 Å². The molecule has 0 saturated heterocycles. The first-order valence-corrected chi connectivity index (χ1v) is 4.01. The molecule has 1 aliphatic rings. The molecule has 0 spiro atoms. The zero-order chi connectivity index (χ0) is 4.41. The summed E-state index contributed by atoms with van der Waals surface area (Å²) in [7, 11) is 1.38. The minimum atomic E-state index is 0.997. The maximum absolute atomic E-state index is 2.31. The van der Waals surface area contributed by atoms with Crippen LogP contribution in [0.2, 0.25) is 6.04 Å². The molecule has 6 heavy (non-hydrogen) atoms. The summed E-state index contributed by atoms with van der Waals surface area (Å²) in [6, 6.07) is 1.47. The highest BCUT2D eigenvalue weighted by atomic mass is 28.1. The minimum Gasteiger partial charge on any atom is -0.0877 e. The molecule has 0 amide bonds. The van der Waals surface area contributed by atoms with Crippen molar-refractivity contribution in [1.29, 1.82) is 0 Å². The number of allylic oxidation sites excluding steroid dienone is 2. The Labute approximate surface area is 41.7 Å². The van der Waals surface area contributed by atoms with Crippen LogP contribution in [0.3, 0.4) is 0 Å². The highest BCUT2D eigenvalue weighted by molar-refractivity contribution is 6.08. The Kier molecular flexibility index (Phi) is 1.10. The normalized spacial score (nSPS) is 30.3. The van der Waals surface area contributed by atoms with Crippen LogP contribution < -0.4 is 0 Å². The molecule has 0 radical (unpaired) electrons. The lowest BCUT2D eigenvalue weighted by Crippen LogP contribution is -2.00. The highest BCUT2D eigenvalue weighted by Crippen LogP contribution is 2.18. The van der Waals surface area contributed by atoms with E-state index in [1.807, 2.05) is 0 Å². The predicted molar refractivity (Wildman–Crippen MR) is 32.0 cm³/mol. The standard InChI is InChI=1S/C5H10Si/c6-4-5-2-1-3-5/h1-2,5H,3-4H2,6H3. The molecule has 1 aliphatic carbocycles. The monoisotopic (exact) mass is 98.1 g/mol. The van der Waals surface area contributed by atoms with E-state index in [0.717, 1.165) is 5.92 Å². The lowest BCUT2D eigenvalue weighted by Gasteiger charge is -2.13. The van der Waals surface area contributed by atoms with E-state index in [1.54, 1.807) is 0 Å². The molecular formula is C5H10Si. The van der Waals surface area contributed by atoms with Crippen molar-refractivity contribution in [3.63, 3.8) is 0 Å². The Morgan fingerprint density at radius 3 is 2.50 bits per heavy atom. The first-order valence-electron chi connectivity index (χ1n) is 2.60. The van der Waals surface area contributed by atoms with E-state index in [-0.39, 0.29) is 0 Å². The summed E-state index contributed by atoms with van der Waals surface area (Å²) in [5, 5.41) is 0. The number of hydrogen-bond acceptors (Lipinski definition) is 0. The molecule has 0 aromatic carbocycles. The molecule has 0 aromatic rings. The zero-order valence-electron chi connectivity index (χ0n) is 4.15. The lowest BCUT2D eigenvalue weighted by atomic mass is 9.98. The average Bonchev–Trinajstić information content (AvgIpc) is 1.31. The van der Waals surface area contributed by atoms with Crippen LogP contribution in [-0.2, 0) is 0 Å². The molecule has 0 aliphatic heterocycles. The van der Waals surface area contributed by atoms with E-state index in [1.165, 1.54) is 22.7 Å². The lowest BCUT2D eigenvalue weighted by molar-refractivity contribution is 0.680. The van der Waals surface area contributed by atoms with Gasteiger partial charge in [-0.1, -0.05) is 18.2 Å². The van der Waals surface area contributed by atoms with Crippen molar-refractivity contribution in [3.8, 4) is 0 Å². The molecule has 0 fully saturated rings. The summed E-state index contributed by atoms with van der Waals surface area (Å²) in [6.45, 7) is 0. The van der Waals surface area contributed by atoms with Gasteiger partial charge in [-0.3, -0.25) is 0 Å². The van der Waals surface area contributed by atoms with Crippen molar-refractivity contribution in [3.05, 3.63) is 12.2 Å². The molecule has 0 saturated carbocycles. The Morgan fingerprint density at radius 2 is 2.50 bits per heavy atom. The molecule has 0 nitrogen and oxygen atoms in total. The summed E-state index contributed by atoms with van der Waals surface area (Å²) < 4.78 is 0. The van der Waals surface area contributed by atoms with Gasteiger partial charge in [-0.2, -0.15) is 0 Å². The zero-order valence-corrected chi connectivity index (χ0v) is 6.15. The van der Waals surface area contributed by atoms with Crippen molar-refractivity contribution < 1.29 is 0 Å². The molecule has 0 aromatic heterocycles. The van der Waals surface area contributed by atoms with Crippen LogP contribution in [0.15, 0.2) is 12.2 Å². The van der Waals surface area contributed by atoms with E-state index in [2.05, 4.69) is 12.2 Å². The first kappa shape index (κ1) is 4.12. The van der Waals surface area contributed by atoms with E-state index >= 15 is 0 Å². The highest BCUT2D eigenvalue weighted by Gasteiger charge is 2.04. The molecule has 0 N–H and O–H groups in total. The summed E-state index contributed by atoms with van der Waals surface area (Å²) in [5.74, 6) is 0.997. The maximum atomic E-state index is 2.31. The third-order valence-corrected chi connectivity index (χ3v) is 2.42. The SMILES string of the molecule is [SiH3]CC1C=CC1. The fourth-order valence-corrected chi connectivity index (χ4v) is 1.24. The second-order valence-corrected chi connectivity index (χ2v) is 2.65. The van der Waals surface area contributed by atoms with Gasteiger partial charge in [-0.25, -0.2) is 0 Å². The summed E-state index contributed by atoms with van der Waals surface area (Å²) in [5.41, 5.74) is 0. The van der Waals surface area contributed by atoms with Crippen LogP contribution in [0.1, 0.15) is 6.42 Å². The largest absolute Gasteiger partial charge is 0.0877 e. The van der Waals surface area contributed by atoms with Crippen LogP contribution in [0.5, 0.6) is 0 Å². The van der Waals surface area contributed by atoms with E-state index in [9.17, 15) is 0 Å². The van der Waals surface area contributed by atoms with Crippen LogP contribution in [0.25, 0.3) is 0 Å². The second-order valence-electron chi connectivity index (χ2n) is 1.83. The second kappa shape index (κ2) is 1.60. The van der Waals surface area contributed by atoms with E-state index in [0.29, 0.717) is 0 Å². The summed E-state index contributed by atoms with van der Waals surface area (Å²) >= 11 is 0. The van der Waals surface area contributed by atoms with Gasteiger partial charge in [0.25, 0.3) is 0 Å². The van der Waals surface area contributed by atoms with E-state index < -0.39 is 0 Å². The van der Waals surface area contributed by atoms with Crippen molar-refractivity contribution in [2.24, 2.45) is 5.92 Å². The van der Waals surface area contributed by atoms with Crippen molar-refractivity contribution in [2.45, 2.75) is 12.5 Å². The molecule has 1 atom stereocenters. The smallest absolute Gasteiger partial charge is 0.00355 e. The molecular weight excluding hydrogens is 88.1 g/mol. The topological polar surface area (TPSA) is 0 Å². The number of rotatable bonds is 1. The molecule has 0 bridgehead atoms. The maximum Gasteiger partial charge on any atom is 0.00355 e. The average molecular weight is 98.2 g/mol. The van der Waals surface area contributed by atoms with Gasteiger partial charge < -0.3 is 0 Å². The van der Waals surface area contributed by atoms with Crippen LogP contribution in [0, 0.1) is 5.92 Å². The van der Waals surface area contributed by atoms with Gasteiger partial charge in [0, 0.05) is 10.2 Å². The quantitative estimate of drug-likeness (QED) is 0.328.